The van der Waals surface area contributed by atoms with Gasteiger partial charge < -0.3 is 4.68 Å². The molecule has 0 spiro atoms. The van der Waals surface area contributed by atoms with Crippen molar-refractivity contribution in [3.8, 4) is 0 Å². The number of hydrogen-bond donors (Lipinski definition) is 0. The van der Waals surface area contributed by atoms with Crippen LogP contribution < -0.4 is 0 Å². The van der Waals surface area contributed by atoms with Crippen molar-refractivity contribution >= 4 is 22.6 Å². The number of aromatic nitrogens is 2. The first-order valence-electron chi connectivity index (χ1n) is 4.94. The van der Waals surface area contributed by atoms with Crippen LogP contribution in [0.3, 0.4) is 0 Å². The topological polar surface area (TPSA) is 21.1 Å². The summed E-state index contributed by atoms with van der Waals surface area (Å²) < 4.78 is 16.2. The van der Waals surface area contributed by atoms with Crippen LogP contribution in [-0.2, 0) is 12.8 Å². The Morgan fingerprint density at radius 1 is 1.56 bits per heavy atom. The number of alkyl halides is 2. The fourth-order valence-corrected chi connectivity index (χ4v) is 3.78. The maximum absolute atomic E-state index is 14.6. The molecule has 1 aliphatic rings. The fraction of sp³-hybridized carbons (Fsp3) is 0.700. The van der Waals surface area contributed by atoms with Crippen LogP contribution in [0.1, 0.15) is 36.1 Å². The van der Waals surface area contributed by atoms with E-state index in [-0.39, 0.29) is 41.2 Å². The maximum atomic E-state index is 14.6. The van der Waals surface area contributed by atoms with Crippen LogP contribution in [0.5, 0.6) is 0 Å². The number of fused-ring (bicyclic) bond motifs is 1. The molecule has 0 N–H and O–H groups in total. The minimum absolute atomic E-state index is 0. The largest absolute Gasteiger partial charge is 0.379 e. The second kappa shape index (κ2) is 4.87. The summed E-state index contributed by atoms with van der Waals surface area (Å²) in [5.41, 5.74) is 1.38. The Hall–Kier alpha value is 0.882. The van der Waals surface area contributed by atoms with Crippen LogP contribution in [-0.4, -0.2) is 20.7 Å². The number of rotatable bonds is 1. The molecule has 6 heteroatoms. The van der Waals surface area contributed by atoms with Crippen LogP contribution in [0.15, 0.2) is 0 Å². The minimum Gasteiger partial charge on any atom is -0.379 e. The molecule has 0 saturated carbocycles. The van der Waals surface area contributed by atoms with E-state index in [4.69, 9.17) is 0 Å². The summed E-state index contributed by atoms with van der Waals surface area (Å²) in [6, 6.07) is 0.148. The summed E-state index contributed by atoms with van der Waals surface area (Å²) in [4.78, 5) is 1.82. The van der Waals surface area contributed by atoms with Gasteiger partial charge in [0.1, 0.15) is 0 Å². The predicted molar refractivity (Wildman–Crippen MR) is 64.2 cm³/mol. The van der Waals surface area contributed by atoms with Gasteiger partial charge in [0, 0.05) is 48.3 Å². The van der Waals surface area contributed by atoms with Gasteiger partial charge in [0.25, 0.3) is 0 Å². The molecule has 2 heterocycles. The number of nitrogens with zero attached hydrogens (tertiary/aromatic N) is 3. The first-order chi connectivity index (χ1) is 6.85. The van der Waals surface area contributed by atoms with Gasteiger partial charge in [-0.25, -0.2) is 4.39 Å². The average molecular weight is 560 g/mol. The molecule has 2 rings (SSSR count). The predicted octanol–water partition coefficient (Wildman–Crippen LogP) is 2.52. The van der Waals surface area contributed by atoms with Gasteiger partial charge in [-0.2, -0.15) is 0 Å². The first kappa shape index (κ1) is 14.9. The molecule has 0 aromatic carbocycles. The van der Waals surface area contributed by atoms with E-state index in [0.29, 0.717) is 5.56 Å². The second-order valence-corrected chi connectivity index (χ2v) is 5.47. The Bertz CT molecular complexity index is 391. The zero-order valence-corrected chi connectivity index (χ0v) is 16.1. The molecule has 0 saturated heterocycles. The Kier molecular flexibility index (Phi) is 4.55. The molecule has 16 heavy (non-hydrogen) atoms. The molecule has 0 amide bonds. The Labute approximate surface area is 133 Å². The van der Waals surface area contributed by atoms with Gasteiger partial charge in [0.05, 0.1) is 0 Å². The van der Waals surface area contributed by atoms with Crippen molar-refractivity contribution in [3.63, 3.8) is 0 Å². The van der Waals surface area contributed by atoms with E-state index in [2.05, 4.69) is 33.9 Å². The summed E-state index contributed by atoms with van der Waals surface area (Å²) in [7, 11) is 1.78. The normalized spacial score (nSPS) is 29.3. The summed E-state index contributed by atoms with van der Waals surface area (Å²) in [6.07, 6.45) is 2.95. The molecular formula is C10H14FIN3U-. The van der Waals surface area contributed by atoms with Crippen molar-refractivity contribution in [3.05, 3.63) is 17.5 Å². The Morgan fingerprint density at radius 3 is 2.56 bits per heavy atom. The Balaban J connectivity index is 0.00000128. The van der Waals surface area contributed by atoms with Crippen LogP contribution in [0.2, 0.25) is 0 Å². The van der Waals surface area contributed by atoms with Gasteiger partial charge in [0.2, 0.25) is 0 Å². The van der Waals surface area contributed by atoms with Gasteiger partial charge in [-0.3, -0.25) is 10.00 Å². The molecule has 0 fully saturated rings. The SMILES string of the molecule is CC(C)N1C(I)c2nn(C)[c-]c2C1(C)F.[U]. The van der Waals surface area contributed by atoms with Crippen LogP contribution in [0, 0.1) is 37.3 Å². The van der Waals surface area contributed by atoms with Crippen molar-refractivity contribution in [1.82, 2.24) is 14.7 Å². The third-order valence-electron chi connectivity index (χ3n) is 2.75. The monoisotopic (exact) mass is 560 g/mol. The third kappa shape index (κ3) is 2.11. The molecule has 1 aromatic heterocycles. The van der Waals surface area contributed by atoms with E-state index >= 15 is 0 Å². The van der Waals surface area contributed by atoms with Gasteiger partial charge in [-0.1, -0.05) is 28.3 Å². The summed E-state index contributed by atoms with van der Waals surface area (Å²) >= 11 is 2.23. The molecule has 1 aliphatic heterocycles. The molecular weight excluding hydrogens is 546 g/mol. The van der Waals surface area contributed by atoms with Crippen molar-refractivity contribution in [2.24, 2.45) is 7.05 Å². The van der Waals surface area contributed by atoms with Crippen molar-refractivity contribution < 1.29 is 35.5 Å². The van der Waals surface area contributed by atoms with Crippen LogP contribution >= 0.6 is 22.6 Å². The van der Waals surface area contributed by atoms with Crippen LogP contribution in [0.25, 0.3) is 0 Å². The second-order valence-electron chi connectivity index (χ2n) is 4.29. The summed E-state index contributed by atoms with van der Waals surface area (Å²) in [5.74, 6) is -1.45. The van der Waals surface area contributed by atoms with Gasteiger partial charge in [0.15, 0.2) is 5.79 Å². The van der Waals surface area contributed by atoms with Crippen molar-refractivity contribution in [1.29, 1.82) is 0 Å². The number of aryl methyl sites for hydroxylation is 1. The Morgan fingerprint density at radius 2 is 2.12 bits per heavy atom. The van der Waals surface area contributed by atoms with E-state index < -0.39 is 5.79 Å². The molecule has 2 atom stereocenters. The fourth-order valence-electron chi connectivity index (χ4n) is 2.18. The van der Waals surface area contributed by atoms with E-state index in [1.807, 2.05) is 18.7 Å². The smallest absolute Gasteiger partial charge is 0.157 e. The number of hydrogen-bond acceptors (Lipinski definition) is 2. The standard InChI is InChI=1S/C10H14FIN3.U/c1-6(2)15-9(12)8-7(10(15,3)11)5-14(4)13-8;/h6,9H,1-4H3;/q-1;. The first-order valence-corrected chi connectivity index (χ1v) is 6.18. The van der Waals surface area contributed by atoms with Crippen LogP contribution in [0.4, 0.5) is 4.39 Å². The van der Waals surface area contributed by atoms with Gasteiger partial charge in [-0.05, 0) is 20.8 Å². The quantitative estimate of drug-likeness (QED) is 0.228. The van der Waals surface area contributed by atoms with E-state index in [1.165, 1.54) is 0 Å². The molecule has 3 nitrogen and oxygen atoms in total. The zero-order valence-electron chi connectivity index (χ0n) is 9.75. The van der Waals surface area contributed by atoms with E-state index in [0.717, 1.165) is 5.69 Å². The van der Waals surface area contributed by atoms with Crippen molar-refractivity contribution in [2.45, 2.75) is 36.7 Å². The third-order valence-corrected chi connectivity index (χ3v) is 3.94. The van der Waals surface area contributed by atoms with E-state index in [1.54, 1.807) is 18.7 Å². The maximum Gasteiger partial charge on any atom is 0.157 e. The summed E-state index contributed by atoms with van der Waals surface area (Å²) in [5, 5.41) is 4.27. The molecule has 0 radical (unpaired) electrons. The van der Waals surface area contributed by atoms with Gasteiger partial charge in [-0.15, -0.1) is 11.8 Å². The van der Waals surface area contributed by atoms with Gasteiger partial charge >= 0.3 is 0 Å². The average Bonchev–Trinajstić information content (AvgIpc) is 2.52. The molecule has 1 aromatic rings. The van der Waals surface area contributed by atoms with E-state index in [9.17, 15) is 4.39 Å². The molecule has 0 aliphatic carbocycles. The van der Waals surface area contributed by atoms with Crippen molar-refractivity contribution in [2.75, 3.05) is 0 Å². The number of halogens is 2. The molecule has 2 unspecified atom stereocenters. The summed E-state index contributed by atoms with van der Waals surface area (Å²) in [6.45, 7) is 5.58. The zero-order chi connectivity index (χ0) is 11.4. The molecule has 0 bridgehead atoms. The minimum atomic E-state index is -1.45. The molecule has 88 valence electrons.